The molecule has 0 unspecified atom stereocenters. The maximum atomic E-state index is 13.2. The maximum Gasteiger partial charge on any atom is 0.141 e. The lowest BCUT2D eigenvalue weighted by Crippen LogP contribution is -2.07. The fraction of sp³-hybridized carbons (Fsp3) is 0.333. The van der Waals surface area contributed by atoms with Crippen LogP contribution in [0.5, 0.6) is 0 Å². The Hall–Kier alpha value is -1.31. The molecule has 5 nitrogen and oxygen atoms in total. The van der Waals surface area contributed by atoms with Crippen molar-refractivity contribution in [1.29, 1.82) is 0 Å². The molecule has 19 heavy (non-hydrogen) atoms. The Bertz CT molecular complexity index is 548. The zero-order chi connectivity index (χ0) is 13.7. The highest BCUT2D eigenvalue weighted by Gasteiger charge is 2.09. The molecule has 2 rings (SSSR count). The van der Waals surface area contributed by atoms with E-state index in [1.54, 1.807) is 24.1 Å². The molecule has 1 aromatic carbocycles. The van der Waals surface area contributed by atoms with Crippen molar-refractivity contribution in [1.82, 2.24) is 15.0 Å². The zero-order valence-corrected chi connectivity index (χ0v) is 11.9. The van der Waals surface area contributed by atoms with Gasteiger partial charge in [0.1, 0.15) is 18.2 Å². The van der Waals surface area contributed by atoms with Crippen molar-refractivity contribution in [2.24, 2.45) is 0 Å². The quantitative estimate of drug-likeness (QED) is 0.764. The number of halogens is 2. The van der Waals surface area contributed by atoms with Gasteiger partial charge in [0.15, 0.2) is 0 Å². The maximum absolute atomic E-state index is 13.2. The standard InChI is InChI=1S/C12H13BrFN3O2/c1-18-4-5-19-8-17-7-12(15-16-17)10-6-9(14)2-3-11(10)13/h2-3,6-7H,4-5,8H2,1H3. The van der Waals surface area contributed by atoms with Crippen LogP contribution in [0.25, 0.3) is 11.3 Å². The molecule has 0 aliphatic heterocycles. The minimum absolute atomic E-state index is 0.281. The second kappa shape index (κ2) is 6.74. The highest BCUT2D eigenvalue weighted by atomic mass is 79.9. The molecule has 0 aliphatic rings. The predicted octanol–water partition coefficient (Wildman–Crippen LogP) is 2.47. The number of hydrogen-bond donors (Lipinski definition) is 0. The van der Waals surface area contributed by atoms with Gasteiger partial charge >= 0.3 is 0 Å². The third kappa shape index (κ3) is 3.82. The molecule has 2 aromatic rings. The third-order valence-electron chi connectivity index (χ3n) is 2.40. The highest BCUT2D eigenvalue weighted by molar-refractivity contribution is 9.10. The predicted molar refractivity (Wildman–Crippen MR) is 70.9 cm³/mol. The van der Waals surface area contributed by atoms with Gasteiger partial charge in [-0.1, -0.05) is 21.1 Å². The fourth-order valence-electron chi connectivity index (χ4n) is 1.48. The number of nitrogens with zero attached hydrogens (tertiary/aromatic N) is 3. The van der Waals surface area contributed by atoms with E-state index >= 15 is 0 Å². The van der Waals surface area contributed by atoms with Crippen molar-refractivity contribution >= 4 is 15.9 Å². The molecule has 0 fully saturated rings. The Balaban J connectivity index is 2.06. The first-order valence-electron chi connectivity index (χ1n) is 5.63. The Labute approximate surface area is 118 Å². The summed E-state index contributed by atoms with van der Waals surface area (Å²) >= 11 is 3.36. The highest BCUT2D eigenvalue weighted by Crippen LogP contribution is 2.27. The first-order chi connectivity index (χ1) is 9.20. The van der Waals surface area contributed by atoms with Gasteiger partial charge in [0.25, 0.3) is 0 Å². The normalized spacial score (nSPS) is 10.9. The fourth-order valence-corrected chi connectivity index (χ4v) is 1.93. The SMILES string of the molecule is COCCOCn1cc(-c2cc(F)ccc2Br)nn1. The van der Waals surface area contributed by atoms with E-state index in [9.17, 15) is 4.39 Å². The molecular formula is C12H13BrFN3O2. The van der Waals surface area contributed by atoms with Crippen LogP contribution in [0, 0.1) is 5.82 Å². The molecule has 0 N–H and O–H groups in total. The van der Waals surface area contributed by atoms with Crippen LogP contribution in [-0.4, -0.2) is 35.3 Å². The van der Waals surface area contributed by atoms with Crippen LogP contribution < -0.4 is 0 Å². The van der Waals surface area contributed by atoms with Crippen molar-refractivity contribution in [3.63, 3.8) is 0 Å². The van der Waals surface area contributed by atoms with Gasteiger partial charge in [-0.15, -0.1) is 5.10 Å². The third-order valence-corrected chi connectivity index (χ3v) is 3.09. The average molecular weight is 330 g/mol. The first kappa shape index (κ1) is 14.1. The van der Waals surface area contributed by atoms with Crippen LogP contribution in [-0.2, 0) is 16.2 Å². The summed E-state index contributed by atoms with van der Waals surface area (Å²) in [6.07, 6.45) is 1.70. The second-order valence-electron chi connectivity index (χ2n) is 3.80. The molecule has 0 atom stereocenters. The minimum Gasteiger partial charge on any atom is -0.382 e. The topological polar surface area (TPSA) is 49.2 Å². The summed E-state index contributed by atoms with van der Waals surface area (Å²) in [7, 11) is 1.61. The van der Waals surface area contributed by atoms with E-state index in [0.717, 1.165) is 4.47 Å². The molecule has 0 spiro atoms. The molecule has 0 amide bonds. The van der Waals surface area contributed by atoms with E-state index < -0.39 is 0 Å². The Morgan fingerprint density at radius 3 is 3.00 bits per heavy atom. The smallest absolute Gasteiger partial charge is 0.141 e. The van der Waals surface area contributed by atoms with E-state index in [-0.39, 0.29) is 12.5 Å². The molecule has 1 heterocycles. The molecule has 0 radical (unpaired) electrons. The molecule has 0 bridgehead atoms. The summed E-state index contributed by atoms with van der Waals surface area (Å²) in [4.78, 5) is 0. The number of hydrogen-bond acceptors (Lipinski definition) is 4. The van der Waals surface area contributed by atoms with Gasteiger partial charge < -0.3 is 9.47 Å². The average Bonchev–Trinajstić information content (AvgIpc) is 2.86. The van der Waals surface area contributed by atoms with Crippen molar-refractivity contribution in [2.45, 2.75) is 6.73 Å². The molecule has 0 aliphatic carbocycles. The van der Waals surface area contributed by atoms with Gasteiger partial charge in [0, 0.05) is 17.1 Å². The lowest BCUT2D eigenvalue weighted by atomic mass is 10.2. The van der Waals surface area contributed by atoms with Crippen LogP contribution in [0.3, 0.4) is 0 Å². The van der Waals surface area contributed by atoms with E-state index in [0.29, 0.717) is 24.5 Å². The second-order valence-corrected chi connectivity index (χ2v) is 4.65. The molecule has 1 aromatic heterocycles. The van der Waals surface area contributed by atoms with Crippen molar-refractivity contribution in [2.75, 3.05) is 20.3 Å². The monoisotopic (exact) mass is 329 g/mol. The number of benzene rings is 1. The van der Waals surface area contributed by atoms with Crippen molar-refractivity contribution in [3.05, 3.63) is 34.7 Å². The van der Waals surface area contributed by atoms with E-state index in [1.165, 1.54) is 12.1 Å². The number of rotatable bonds is 6. The van der Waals surface area contributed by atoms with Crippen LogP contribution in [0.1, 0.15) is 0 Å². The van der Waals surface area contributed by atoms with Crippen molar-refractivity contribution in [3.8, 4) is 11.3 Å². The number of aromatic nitrogens is 3. The van der Waals surface area contributed by atoms with Crippen LogP contribution in [0.2, 0.25) is 0 Å². The first-order valence-corrected chi connectivity index (χ1v) is 6.42. The summed E-state index contributed by atoms with van der Waals surface area (Å²) in [5, 5.41) is 7.91. The zero-order valence-electron chi connectivity index (χ0n) is 10.3. The molecule has 0 saturated heterocycles. The van der Waals surface area contributed by atoms with Gasteiger partial charge in [0.05, 0.1) is 19.4 Å². The van der Waals surface area contributed by atoms with Gasteiger partial charge in [-0.05, 0) is 18.2 Å². The van der Waals surface area contributed by atoms with E-state index in [4.69, 9.17) is 9.47 Å². The molecule has 0 saturated carbocycles. The van der Waals surface area contributed by atoms with Gasteiger partial charge in [-0.3, -0.25) is 0 Å². The summed E-state index contributed by atoms with van der Waals surface area (Å²) in [5.41, 5.74) is 1.24. The van der Waals surface area contributed by atoms with Crippen LogP contribution in [0.15, 0.2) is 28.9 Å². The van der Waals surface area contributed by atoms with Gasteiger partial charge in [0.2, 0.25) is 0 Å². The van der Waals surface area contributed by atoms with Gasteiger partial charge in [-0.2, -0.15) is 0 Å². The summed E-state index contributed by atoms with van der Waals surface area (Å²) < 4.78 is 25.7. The molecule has 7 heteroatoms. The Morgan fingerprint density at radius 1 is 1.37 bits per heavy atom. The molecule has 102 valence electrons. The minimum atomic E-state index is -0.316. The number of ether oxygens (including phenoxy) is 2. The van der Waals surface area contributed by atoms with Gasteiger partial charge in [-0.25, -0.2) is 9.07 Å². The summed E-state index contributed by atoms with van der Waals surface area (Å²) in [6, 6.07) is 4.43. The summed E-state index contributed by atoms with van der Waals surface area (Å²) in [6.45, 7) is 1.29. The van der Waals surface area contributed by atoms with E-state index in [2.05, 4.69) is 26.2 Å². The lowest BCUT2D eigenvalue weighted by molar-refractivity contribution is 0.0281. The van der Waals surface area contributed by atoms with Crippen molar-refractivity contribution < 1.29 is 13.9 Å². The van der Waals surface area contributed by atoms with E-state index in [1.807, 2.05) is 0 Å². The molecular weight excluding hydrogens is 317 g/mol. The van der Waals surface area contributed by atoms with Crippen LogP contribution in [0.4, 0.5) is 4.39 Å². The number of methoxy groups -OCH3 is 1. The Morgan fingerprint density at radius 2 is 2.21 bits per heavy atom. The lowest BCUT2D eigenvalue weighted by Gasteiger charge is -2.02. The Kier molecular flexibility index (Phi) is 5.00. The van der Waals surface area contributed by atoms with Crippen LogP contribution >= 0.6 is 15.9 Å². The summed E-state index contributed by atoms with van der Waals surface area (Å²) in [5.74, 6) is -0.316. The largest absolute Gasteiger partial charge is 0.382 e.